The molecular weight excluding hydrogens is 180 g/mol. The van der Waals surface area contributed by atoms with Crippen molar-refractivity contribution in [2.45, 2.75) is 23.9 Å². The fourth-order valence-electron chi connectivity index (χ4n) is 0.861. The SMILES string of the molecule is CC(N)C(N)CSc1ccccc1. The Morgan fingerprint density at radius 2 is 1.85 bits per heavy atom. The summed E-state index contributed by atoms with van der Waals surface area (Å²) in [4.78, 5) is 1.25. The average molecular weight is 196 g/mol. The Hall–Kier alpha value is -0.510. The number of rotatable bonds is 4. The molecule has 1 aromatic rings. The van der Waals surface area contributed by atoms with Gasteiger partial charge in [0.05, 0.1) is 0 Å². The molecular formula is C10H16N2S. The maximum Gasteiger partial charge on any atom is 0.0285 e. The van der Waals surface area contributed by atoms with E-state index in [9.17, 15) is 0 Å². The minimum absolute atomic E-state index is 0.0659. The van der Waals surface area contributed by atoms with Crippen LogP contribution in [0.15, 0.2) is 35.2 Å². The largest absolute Gasteiger partial charge is 0.327 e. The van der Waals surface area contributed by atoms with Crippen molar-refractivity contribution in [3.05, 3.63) is 30.3 Å². The van der Waals surface area contributed by atoms with E-state index < -0.39 is 0 Å². The van der Waals surface area contributed by atoms with Gasteiger partial charge >= 0.3 is 0 Å². The zero-order chi connectivity index (χ0) is 9.68. The van der Waals surface area contributed by atoms with Gasteiger partial charge in [-0.2, -0.15) is 0 Å². The van der Waals surface area contributed by atoms with Crippen molar-refractivity contribution in [2.75, 3.05) is 5.75 Å². The van der Waals surface area contributed by atoms with Gasteiger partial charge in [0, 0.05) is 22.7 Å². The number of hydrogen-bond donors (Lipinski definition) is 2. The average Bonchev–Trinajstić information content (AvgIpc) is 2.15. The third kappa shape index (κ3) is 3.81. The molecule has 0 aliphatic carbocycles. The van der Waals surface area contributed by atoms with Crippen LogP contribution in [0.3, 0.4) is 0 Å². The number of nitrogens with two attached hydrogens (primary N) is 2. The van der Waals surface area contributed by atoms with E-state index in [1.54, 1.807) is 11.8 Å². The van der Waals surface area contributed by atoms with Crippen LogP contribution in [0.2, 0.25) is 0 Å². The van der Waals surface area contributed by atoms with Crippen LogP contribution >= 0.6 is 11.8 Å². The summed E-state index contributed by atoms with van der Waals surface area (Å²) in [6, 6.07) is 10.4. The first-order valence-electron chi connectivity index (χ1n) is 4.39. The van der Waals surface area contributed by atoms with Crippen molar-refractivity contribution in [1.29, 1.82) is 0 Å². The lowest BCUT2D eigenvalue weighted by molar-refractivity contribution is 0.611. The van der Waals surface area contributed by atoms with Gasteiger partial charge in [-0.3, -0.25) is 0 Å². The Balaban J connectivity index is 2.35. The number of hydrogen-bond acceptors (Lipinski definition) is 3. The first kappa shape index (κ1) is 10.6. The van der Waals surface area contributed by atoms with E-state index in [0.29, 0.717) is 0 Å². The highest BCUT2D eigenvalue weighted by Gasteiger charge is 2.07. The van der Waals surface area contributed by atoms with Crippen LogP contribution in [-0.2, 0) is 0 Å². The summed E-state index contributed by atoms with van der Waals surface area (Å²) in [5.41, 5.74) is 11.5. The number of thioether (sulfide) groups is 1. The maximum atomic E-state index is 5.82. The second kappa shape index (κ2) is 5.27. The third-order valence-electron chi connectivity index (χ3n) is 1.86. The zero-order valence-electron chi connectivity index (χ0n) is 7.81. The Kier molecular flexibility index (Phi) is 4.28. The molecule has 2 nitrogen and oxygen atoms in total. The number of benzene rings is 1. The van der Waals surface area contributed by atoms with Crippen LogP contribution in [0.5, 0.6) is 0 Å². The first-order chi connectivity index (χ1) is 6.20. The van der Waals surface area contributed by atoms with Crippen molar-refractivity contribution in [3.63, 3.8) is 0 Å². The van der Waals surface area contributed by atoms with E-state index in [1.165, 1.54) is 4.90 Å². The molecule has 0 aromatic heterocycles. The molecule has 0 heterocycles. The lowest BCUT2D eigenvalue weighted by atomic mass is 10.2. The molecule has 2 atom stereocenters. The van der Waals surface area contributed by atoms with Crippen molar-refractivity contribution in [1.82, 2.24) is 0 Å². The van der Waals surface area contributed by atoms with E-state index in [1.807, 2.05) is 25.1 Å². The Morgan fingerprint density at radius 1 is 1.23 bits per heavy atom. The molecule has 0 aliphatic heterocycles. The third-order valence-corrected chi connectivity index (χ3v) is 3.02. The van der Waals surface area contributed by atoms with E-state index in [-0.39, 0.29) is 12.1 Å². The lowest BCUT2D eigenvalue weighted by Crippen LogP contribution is -2.40. The molecule has 0 saturated heterocycles. The summed E-state index contributed by atoms with van der Waals surface area (Å²) in [6.07, 6.45) is 0. The minimum atomic E-state index is 0.0659. The highest BCUT2D eigenvalue weighted by molar-refractivity contribution is 7.99. The molecule has 0 spiro atoms. The summed E-state index contributed by atoms with van der Waals surface area (Å²) >= 11 is 1.75. The molecule has 0 radical (unpaired) electrons. The van der Waals surface area contributed by atoms with Crippen LogP contribution in [0.4, 0.5) is 0 Å². The van der Waals surface area contributed by atoms with Gasteiger partial charge in [-0.05, 0) is 19.1 Å². The summed E-state index contributed by atoms with van der Waals surface area (Å²) < 4.78 is 0. The fraction of sp³-hybridized carbons (Fsp3) is 0.400. The van der Waals surface area contributed by atoms with Gasteiger partial charge in [0.2, 0.25) is 0 Å². The van der Waals surface area contributed by atoms with Crippen LogP contribution < -0.4 is 11.5 Å². The maximum absolute atomic E-state index is 5.82. The zero-order valence-corrected chi connectivity index (χ0v) is 8.63. The molecule has 1 aromatic carbocycles. The summed E-state index contributed by atoms with van der Waals surface area (Å²) in [5.74, 6) is 0.877. The van der Waals surface area contributed by atoms with Gasteiger partial charge in [0.15, 0.2) is 0 Å². The second-order valence-electron chi connectivity index (χ2n) is 3.15. The molecule has 4 N–H and O–H groups in total. The first-order valence-corrected chi connectivity index (χ1v) is 5.37. The van der Waals surface area contributed by atoms with Crippen LogP contribution in [0.25, 0.3) is 0 Å². The molecule has 0 saturated carbocycles. The highest BCUT2D eigenvalue weighted by Crippen LogP contribution is 2.17. The molecule has 13 heavy (non-hydrogen) atoms. The van der Waals surface area contributed by atoms with Crippen LogP contribution in [-0.4, -0.2) is 17.8 Å². The molecule has 0 fully saturated rings. The van der Waals surface area contributed by atoms with Crippen molar-refractivity contribution >= 4 is 11.8 Å². The van der Waals surface area contributed by atoms with E-state index in [2.05, 4.69) is 12.1 Å². The highest BCUT2D eigenvalue weighted by atomic mass is 32.2. The molecule has 0 aliphatic rings. The van der Waals surface area contributed by atoms with E-state index in [0.717, 1.165) is 5.75 Å². The van der Waals surface area contributed by atoms with Gasteiger partial charge in [-0.15, -0.1) is 11.8 Å². The summed E-state index contributed by atoms with van der Waals surface area (Å²) in [5, 5.41) is 0. The van der Waals surface area contributed by atoms with Crippen LogP contribution in [0, 0.1) is 0 Å². The monoisotopic (exact) mass is 196 g/mol. The quantitative estimate of drug-likeness (QED) is 0.717. The standard InChI is InChI=1S/C10H16N2S/c1-8(11)10(12)7-13-9-5-3-2-4-6-9/h2-6,8,10H,7,11-12H2,1H3. The van der Waals surface area contributed by atoms with Crippen molar-refractivity contribution < 1.29 is 0 Å². The Bertz CT molecular complexity index is 236. The van der Waals surface area contributed by atoms with Crippen molar-refractivity contribution in [2.24, 2.45) is 11.5 Å². The smallest absolute Gasteiger partial charge is 0.0285 e. The predicted molar refractivity (Wildman–Crippen MR) is 58.8 cm³/mol. The van der Waals surface area contributed by atoms with Crippen molar-refractivity contribution in [3.8, 4) is 0 Å². The molecule has 0 amide bonds. The fourth-order valence-corrected chi connectivity index (χ4v) is 1.90. The van der Waals surface area contributed by atoms with Gasteiger partial charge < -0.3 is 11.5 Å². The van der Waals surface area contributed by atoms with Gasteiger partial charge in [0.1, 0.15) is 0 Å². The van der Waals surface area contributed by atoms with E-state index in [4.69, 9.17) is 11.5 Å². The summed E-state index contributed by atoms with van der Waals surface area (Å²) in [6.45, 7) is 1.94. The van der Waals surface area contributed by atoms with E-state index >= 15 is 0 Å². The summed E-state index contributed by atoms with van der Waals surface area (Å²) in [7, 11) is 0. The molecule has 72 valence electrons. The second-order valence-corrected chi connectivity index (χ2v) is 4.24. The lowest BCUT2D eigenvalue weighted by Gasteiger charge is -2.14. The topological polar surface area (TPSA) is 52.0 Å². The molecule has 3 heteroatoms. The van der Waals surface area contributed by atoms with Gasteiger partial charge in [-0.25, -0.2) is 0 Å². The molecule has 0 bridgehead atoms. The van der Waals surface area contributed by atoms with Gasteiger partial charge in [-0.1, -0.05) is 18.2 Å². The molecule has 1 rings (SSSR count). The Morgan fingerprint density at radius 3 is 2.38 bits per heavy atom. The van der Waals surface area contributed by atoms with Gasteiger partial charge in [0.25, 0.3) is 0 Å². The normalized spacial score (nSPS) is 15.3. The Labute approximate surface area is 83.7 Å². The minimum Gasteiger partial charge on any atom is -0.327 e. The predicted octanol–water partition coefficient (Wildman–Crippen LogP) is 1.45. The molecule has 2 unspecified atom stereocenters. The van der Waals surface area contributed by atoms with Crippen LogP contribution in [0.1, 0.15) is 6.92 Å².